The quantitative estimate of drug-likeness (QED) is 0.377. The van der Waals surface area contributed by atoms with Crippen molar-refractivity contribution in [2.75, 3.05) is 0 Å². The molecule has 2 aromatic rings. The number of fused-ring (bicyclic) bond motifs is 1. The molecule has 2 rings (SSSR count). The Bertz CT molecular complexity index is 534. The molecule has 0 amide bonds. The molecule has 3 heteroatoms. The largest absolute Gasteiger partial charge is 1.00 e. The smallest absolute Gasteiger partial charge is 0.245 e. The third-order valence-electron chi connectivity index (χ3n) is 2.37. The van der Waals surface area contributed by atoms with Crippen LogP contribution < -0.4 is 21.5 Å². The summed E-state index contributed by atoms with van der Waals surface area (Å²) in [4.78, 5) is 0. The molecule has 0 aliphatic heterocycles. The van der Waals surface area contributed by atoms with Crippen LogP contribution in [-0.4, -0.2) is 4.57 Å². The minimum absolute atomic E-state index is 0. The Kier molecular flexibility index (Phi) is 4.33. The first-order valence-electron chi connectivity index (χ1n) is 4.88. The molecule has 0 saturated heterocycles. The van der Waals surface area contributed by atoms with E-state index in [0.29, 0.717) is 6.54 Å². The van der Waals surface area contributed by atoms with E-state index < -0.39 is 0 Å². The monoisotopic (exact) mass is 276 g/mol. The Morgan fingerprint density at radius 3 is 2.88 bits per heavy atom. The molecule has 0 bridgehead atoms. The van der Waals surface area contributed by atoms with Gasteiger partial charge in [-0.25, -0.2) is 9.13 Å². The molecule has 0 aliphatic rings. The fourth-order valence-electron chi connectivity index (χ4n) is 1.75. The minimum atomic E-state index is 0. The second-order valence-electron chi connectivity index (χ2n) is 3.38. The highest BCUT2D eigenvalue weighted by Gasteiger charge is 2.12. The number of aromatic nitrogens is 2. The summed E-state index contributed by atoms with van der Waals surface area (Å²) in [6.45, 7) is 5.15. The van der Waals surface area contributed by atoms with Gasteiger partial charge in [-0.2, -0.15) is 0 Å². The average Bonchev–Trinajstić information content (AvgIpc) is 2.59. The van der Waals surface area contributed by atoms with E-state index in [1.807, 2.05) is 24.5 Å². The van der Waals surface area contributed by atoms with Gasteiger partial charge in [0.1, 0.15) is 6.54 Å². The van der Waals surface area contributed by atoms with Gasteiger partial charge in [0.05, 0.1) is 0 Å². The normalized spacial score (nSPS) is 9.44. The van der Waals surface area contributed by atoms with E-state index in [-0.39, 0.29) is 17.0 Å². The molecule has 0 radical (unpaired) electrons. The van der Waals surface area contributed by atoms with Crippen LogP contribution in [0.5, 0.6) is 0 Å². The molecule has 16 heavy (non-hydrogen) atoms. The highest BCUT2D eigenvalue weighted by molar-refractivity contribution is 5.71. The predicted octanol–water partition coefficient (Wildman–Crippen LogP) is -1.25. The van der Waals surface area contributed by atoms with E-state index in [0.717, 1.165) is 12.1 Å². The summed E-state index contributed by atoms with van der Waals surface area (Å²) in [6, 6.07) is 8.22. The summed E-state index contributed by atoms with van der Waals surface area (Å²) in [5.74, 6) is 2.66. The summed E-state index contributed by atoms with van der Waals surface area (Å²) >= 11 is 0. The molecule has 2 nitrogen and oxygen atoms in total. The fourth-order valence-corrected chi connectivity index (χ4v) is 1.75. The van der Waals surface area contributed by atoms with E-state index in [1.54, 1.807) is 0 Å². The average molecular weight is 277 g/mol. The van der Waals surface area contributed by atoms with Crippen molar-refractivity contribution in [1.82, 2.24) is 4.57 Å². The lowest BCUT2D eigenvalue weighted by Gasteiger charge is -1.89. The summed E-state index contributed by atoms with van der Waals surface area (Å²) in [7, 11) is 0. The standard InChI is InChI=1S/C13H13N2.BrH/c1-3-9-14-11-15(10-4-2)13-8-6-5-7-12(13)14;/h1,4-8,11H,2,9-10H2;1H/q+1;/p-1. The van der Waals surface area contributed by atoms with Crippen LogP contribution in [0.1, 0.15) is 0 Å². The van der Waals surface area contributed by atoms with E-state index in [4.69, 9.17) is 6.42 Å². The van der Waals surface area contributed by atoms with Crippen LogP contribution in [0.2, 0.25) is 0 Å². The summed E-state index contributed by atoms with van der Waals surface area (Å²) in [5.41, 5.74) is 2.35. The maximum Gasteiger partial charge on any atom is 0.245 e. The molecule has 0 aliphatic carbocycles. The van der Waals surface area contributed by atoms with Crippen LogP contribution in [0, 0.1) is 12.3 Å². The second-order valence-corrected chi connectivity index (χ2v) is 3.38. The van der Waals surface area contributed by atoms with E-state index >= 15 is 0 Å². The van der Waals surface area contributed by atoms with Gasteiger partial charge in [0.15, 0.2) is 17.6 Å². The van der Waals surface area contributed by atoms with Crippen LogP contribution in [0.4, 0.5) is 0 Å². The number of hydrogen-bond donors (Lipinski definition) is 0. The van der Waals surface area contributed by atoms with Crippen molar-refractivity contribution in [3.63, 3.8) is 0 Å². The topological polar surface area (TPSA) is 8.81 Å². The van der Waals surface area contributed by atoms with Crippen LogP contribution in [0.15, 0.2) is 43.2 Å². The van der Waals surface area contributed by atoms with Gasteiger partial charge in [0.2, 0.25) is 6.33 Å². The van der Waals surface area contributed by atoms with Gasteiger partial charge in [-0.15, -0.1) is 6.42 Å². The SMILES string of the molecule is C#CCn1c[n+](CC=C)c2ccccc21.[Br-]. The molecule has 0 spiro atoms. The van der Waals surface area contributed by atoms with E-state index in [1.165, 1.54) is 5.52 Å². The molecule has 0 saturated carbocycles. The number of nitrogens with zero attached hydrogens (tertiary/aromatic N) is 2. The van der Waals surface area contributed by atoms with Gasteiger partial charge in [-0.05, 0) is 12.1 Å². The summed E-state index contributed by atoms with van der Waals surface area (Å²) in [5, 5.41) is 0. The Labute approximate surface area is 106 Å². The number of halogens is 1. The first-order valence-corrected chi connectivity index (χ1v) is 4.88. The van der Waals surface area contributed by atoms with Crippen LogP contribution in [0.3, 0.4) is 0 Å². The third-order valence-corrected chi connectivity index (χ3v) is 2.37. The van der Waals surface area contributed by atoms with Crippen LogP contribution in [-0.2, 0) is 13.1 Å². The lowest BCUT2D eigenvalue weighted by molar-refractivity contribution is -0.661. The zero-order valence-electron chi connectivity index (χ0n) is 8.94. The Morgan fingerprint density at radius 2 is 2.19 bits per heavy atom. The molecule has 1 aromatic heterocycles. The van der Waals surface area contributed by atoms with E-state index in [9.17, 15) is 0 Å². The van der Waals surface area contributed by atoms with Gasteiger partial charge in [-0.1, -0.05) is 30.7 Å². The molecule has 0 atom stereocenters. The minimum Gasteiger partial charge on any atom is -1.00 e. The van der Waals surface area contributed by atoms with Crippen molar-refractivity contribution in [2.45, 2.75) is 13.1 Å². The third kappa shape index (κ3) is 2.17. The summed E-state index contributed by atoms with van der Waals surface area (Å²) < 4.78 is 4.21. The molecule has 0 unspecified atom stereocenters. The maximum absolute atomic E-state index is 5.33. The molecule has 1 aromatic carbocycles. The van der Waals surface area contributed by atoms with Gasteiger partial charge in [-0.3, -0.25) is 0 Å². The molecule has 0 N–H and O–H groups in total. The Morgan fingerprint density at radius 1 is 1.44 bits per heavy atom. The zero-order valence-corrected chi connectivity index (χ0v) is 10.5. The van der Waals surface area contributed by atoms with Crippen molar-refractivity contribution in [1.29, 1.82) is 0 Å². The Balaban J connectivity index is 0.00000128. The van der Waals surface area contributed by atoms with Crippen molar-refractivity contribution >= 4 is 11.0 Å². The van der Waals surface area contributed by atoms with E-state index in [2.05, 4.69) is 33.8 Å². The number of allylic oxidation sites excluding steroid dienone is 1. The molecular formula is C13H13BrN2. The first-order chi connectivity index (χ1) is 7.36. The van der Waals surface area contributed by atoms with Crippen molar-refractivity contribution in [3.05, 3.63) is 43.2 Å². The number of imidazole rings is 1. The number of terminal acetylenes is 1. The van der Waals surface area contributed by atoms with Crippen molar-refractivity contribution < 1.29 is 21.5 Å². The Hall–Kier alpha value is -1.53. The number of para-hydroxylation sites is 2. The number of benzene rings is 1. The molecule has 1 heterocycles. The summed E-state index contributed by atoms with van der Waals surface area (Å²) in [6.07, 6.45) is 9.25. The number of rotatable bonds is 3. The van der Waals surface area contributed by atoms with Crippen molar-refractivity contribution in [2.24, 2.45) is 0 Å². The zero-order chi connectivity index (χ0) is 10.7. The lowest BCUT2D eigenvalue weighted by atomic mass is 10.3. The maximum atomic E-state index is 5.33. The second kappa shape index (κ2) is 5.53. The van der Waals surface area contributed by atoms with Gasteiger partial charge in [0, 0.05) is 0 Å². The fraction of sp³-hybridized carbons (Fsp3) is 0.154. The number of hydrogen-bond acceptors (Lipinski definition) is 0. The first kappa shape index (κ1) is 12.5. The highest BCUT2D eigenvalue weighted by Crippen LogP contribution is 2.09. The molecular weight excluding hydrogens is 264 g/mol. The van der Waals surface area contributed by atoms with Gasteiger partial charge >= 0.3 is 0 Å². The molecule has 82 valence electrons. The van der Waals surface area contributed by atoms with Crippen LogP contribution in [0.25, 0.3) is 11.0 Å². The predicted molar refractivity (Wildman–Crippen MR) is 61.2 cm³/mol. The van der Waals surface area contributed by atoms with Gasteiger partial charge in [0.25, 0.3) is 0 Å². The van der Waals surface area contributed by atoms with Gasteiger partial charge < -0.3 is 17.0 Å². The highest BCUT2D eigenvalue weighted by atomic mass is 79.9. The van der Waals surface area contributed by atoms with Crippen LogP contribution >= 0.6 is 0 Å². The molecule has 0 fully saturated rings. The lowest BCUT2D eigenvalue weighted by Crippen LogP contribution is -3.00. The van der Waals surface area contributed by atoms with Crippen molar-refractivity contribution in [3.8, 4) is 12.3 Å².